The Morgan fingerprint density at radius 2 is 1.85 bits per heavy atom. The summed E-state index contributed by atoms with van der Waals surface area (Å²) < 4.78 is 1.89. The molecule has 1 saturated carbocycles. The summed E-state index contributed by atoms with van der Waals surface area (Å²) in [5, 5.41) is 3.15. The molecule has 0 aliphatic heterocycles. The molecule has 1 heterocycles. The second-order valence-corrected chi connectivity index (χ2v) is 6.00. The van der Waals surface area contributed by atoms with E-state index < -0.39 is 0 Å². The van der Waals surface area contributed by atoms with Gasteiger partial charge in [-0.2, -0.15) is 0 Å². The summed E-state index contributed by atoms with van der Waals surface area (Å²) in [6, 6.07) is 3.45. The second-order valence-electron chi connectivity index (χ2n) is 6.00. The van der Waals surface area contributed by atoms with Gasteiger partial charge in [-0.05, 0) is 32.6 Å². The molecule has 1 amide bonds. The number of rotatable bonds is 3. The Morgan fingerprint density at radius 3 is 2.45 bits per heavy atom. The predicted molar refractivity (Wildman–Crippen MR) is 79.7 cm³/mol. The summed E-state index contributed by atoms with van der Waals surface area (Å²) in [7, 11) is 0. The van der Waals surface area contributed by atoms with Gasteiger partial charge in [0.2, 0.25) is 5.91 Å². The van der Waals surface area contributed by atoms with Crippen LogP contribution in [0.3, 0.4) is 0 Å². The van der Waals surface area contributed by atoms with Crippen molar-refractivity contribution in [1.82, 2.24) is 9.88 Å². The maximum atomic E-state index is 12.2. The Labute approximate surface area is 120 Å². The molecule has 1 aromatic rings. The van der Waals surface area contributed by atoms with E-state index >= 15 is 0 Å². The number of hydrogen-bond donors (Lipinski definition) is 1. The van der Waals surface area contributed by atoms with Crippen LogP contribution in [0.15, 0.2) is 16.9 Å². The van der Waals surface area contributed by atoms with Crippen LogP contribution < -0.4 is 10.7 Å². The van der Waals surface area contributed by atoms with Gasteiger partial charge in [0, 0.05) is 29.6 Å². The van der Waals surface area contributed by atoms with Gasteiger partial charge in [0.15, 0.2) is 5.43 Å². The lowest BCUT2D eigenvalue weighted by molar-refractivity contribution is -0.123. The zero-order valence-electron chi connectivity index (χ0n) is 12.6. The average Bonchev–Trinajstić information content (AvgIpc) is 2.36. The zero-order chi connectivity index (χ0) is 14.7. The van der Waals surface area contributed by atoms with Crippen LogP contribution in [0.1, 0.15) is 44.0 Å². The summed E-state index contributed by atoms with van der Waals surface area (Å²) in [5.41, 5.74) is 1.67. The van der Waals surface area contributed by atoms with E-state index in [0.717, 1.165) is 17.8 Å². The third-order valence-corrected chi connectivity index (χ3v) is 4.31. The summed E-state index contributed by atoms with van der Waals surface area (Å²) >= 11 is 0. The first kappa shape index (κ1) is 14.8. The third kappa shape index (κ3) is 3.50. The number of carbonyl (C=O) groups excluding carboxylic acids is 1. The Hall–Kier alpha value is -1.58. The van der Waals surface area contributed by atoms with Crippen LogP contribution in [0.25, 0.3) is 0 Å². The number of aryl methyl sites for hydroxylation is 2. The molecule has 1 aliphatic carbocycles. The molecule has 2 unspecified atom stereocenters. The van der Waals surface area contributed by atoms with E-state index in [4.69, 9.17) is 0 Å². The third-order valence-electron chi connectivity index (χ3n) is 4.31. The normalized spacial score (nSPS) is 22.6. The van der Waals surface area contributed by atoms with Gasteiger partial charge in [0.1, 0.15) is 6.54 Å². The molecule has 4 nitrogen and oxygen atoms in total. The van der Waals surface area contributed by atoms with E-state index in [0.29, 0.717) is 18.5 Å². The number of nitrogens with zero attached hydrogens (tertiary/aromatic N) is 1. The largest absolute Gasteiger partial charge is 0.352 e. The molecule has 0 spiro atoms. The number of hydrogen-bond acceptors (Lipinski definition) is 2. The van der Waals surface area contributed by atoms with Crippen molar-refractivity contribution in [2.75, 3.05) is 0 Å². The standard InChI is InChI=1S/C16H24N2O2/c1-11-6-4-5-7-15(11)17-16(20)10-18-12(2)8-14(19)9-13(18)3/h8-9,11,15H,4-7,10H2,1-3H3,(H,17,20). The molecule has 2 atom stereocenters. The monoisotopic (exact) mass is 276 g/mol. The smallest absolute Gasteiger partial charge is 0.240 e. The topological polar surface area (TPSA) is 51.1 Å². The van der Waals surface area contributed by atoms with Crippen molar-refractivity contribution in [3.63, 3.8) is 0 Å². The first-order valence-corrected chi connectivity index (χ1v) is 7.45. The fourth-order valence-corrected chi connectivity index (χ4v) is 3.06. The molecule has 0 radical (unpaired) electrons. The predicted octanol–water partition coefficient (Wildman–Crippen LogP) is 2.16. The van der Waals surface area contributed by atoms with Gasteiger partial charge in [-0.3, -0.25) is 9.59 Å². The number of pyridine rings is 1. The van der Waals surface area contributed by atoms with Gasteiger partial charge >= 0.3 is 0 Å². The van der Waals surface area contributed by atoms with Crippen molar-refractivity contribution in [3.05, 3.63) is 33.7 Å². The van der Waals surface area contributed by atoms with E-state index in [2.05, 4.69) is 12.2 Å². The first-order valence-electron chi connectivity index (χ1n) is 7.45. The van der Waals surface area contributed by atoms with E-state index in [1.165, 1.54) is 19.3 Å². The maximum absolute atomic E-state index is 12.2. The van der Waals surface area contributed by atoms with Crippen molar-refractivity contribution in [2.24, 2.45) is 5.92 Å². The van der Waals surface area contributed by atoms with Crippen LogP contribution in [-0.4, -0.2) is 16.5 Å². The molecule has 1 aliphatic rings. The highest BCUT2D eigenvalue weighted by molar-refractivity contribution is 5.76. The highest BCUT2D eigenvalue weighted by Crippen LogP contribution is 2.23. The quantitative estimate of drug-likeness (QED) is 0.919. The minimum Gasteiger partial charge on any atom is -0.352 e. The Balaban J connectivity index is 2.03. The molecule has 110 valence electrons. The highest BCUT2D eigenvalue weighted by Gasteiger charge is 2.22. The Kier molecular flexibility index (Phi) is 4.63. The summed E-state index contributed by atoms with van der Waals surface area (Å²) in [4.78, 5) is 23.6. The maximum Gasteiger partial charge on any atom is 0.240 e. The molecule has 2 rings (SSSR count). The number of carbonyl (C=O) groups is 1. The van der Waals surface area contributed by atoms with E-state index in [1.807, 2.05) is 18.4 Å². The first-order chi connectivity index (χ1) is 9.47. The van der Waals surface area contributed by atoms with Gasteiger partial charge in [-0.1, -0.05) is 19.8 Å². The fraction of sp³-hybridized carbons (Fsp3) is 0.625. The molecule has 20 heavy (non-hydrogen) atoms. The van der Waals surface area contributed by atoms with Crippen molar-refractivity contribution in [2.45, 2.75) is 59.0 Å². The minimum absolute atomic E-state index is 0.00226. The number of amides is 1. The van der Waals surface area contributed by atoms with Crippen molar-refractivity contribution in [3.8, 4) is 0 Å². The van der Waals surface area contributed by atoms with E-state index in [1.54, 1.807) is 12.1 Å². The Bertz CT molecular complexity index is 522. The molecule has 1 aromatic heterocycles. The minimum atomic E-state index is -0.00226. The molecular weight excluding hydrogens is 252 g/mol. The molecule has 4 heteroatoms. The van der Waals surface area contributed by atoms with Crippen molar-refractivity contribution >= 4 is 5.91 Å². The summed E-state index contributed by atoms with van der Waals surface area (Å²) in [6.45, 7) is 6.23. The van der Waals surface area contributed by atoms with Gasteiger partial charge in [-0.15, -0.1) is 0 Å². The Morgan fingerprint density at radius 1 is 1.25 bits per heavy atom. The molecule has 1 fully saturated rings. The fourth-order valence-electron chi connectivity index (χ4n) is 3.06. The van der Waals surface area contributed by atoms with Crippen LogP contribution in [0.4, 0.5) is 0 Å². The van der Waals surface area contributed by atoms with E-state index in [9.17, 15) is 9.59 Å². The molecule has 0 aromatic carbocycles. The molecule has 1 N–H and O–H groups in total. The van der Waals surface area contributed by atoms with Crippen molar-refractivity contribution < 1.29 is 4.79 Å². The van der Waals surface area contributed by atoms with Crippen molar-refractivity contribution in [1.29, 1.82) is 0 Å². The number of aromatic nitrogens is 1. The van der Waals surface area contributed by atoms with Gasteiger partial charge in [-0.25, -0.2) is 0 Å². The van der Waals surface area contributed by atoms with Crippen LogP contribution in [0.2, 0.25) is 0 Å². The lowest BCUT2D eigenvalue weighted by Crippen LogP contribution is -2.42. The summed E-state index contributed by atoms with van der Waals surface area (Å²) in [5.74, 6) is 0.600. The van der Waals surface area contributed by atoms with Gasteiger partial charge in [0.05, 0.1) is 0 Å². The van der Waals surface area contributed by atoms with Crippen LogP contribution >= 0.6 is 0 Å². The SMILES string of the molecule is Cc1cc(=O)cc(C)n1CC(=O)NC1CCCCC1C. The van der Waals surface area contributed by atoms with Crippen LogP contribution in [0, 0.1) is 19.8 Å². The average molecular weight is 276 g/mol. The van der Waals surface area contributed by atoms with Crippen LogP contribution in [-0.2, 0) is 11.3 Å². The molecule has 0 saturated heterocycles. The zero-order valence-corrected chi connectivity index (χ0v) is 12.6. The summed E-state index contributed by atoms with van der Waals surface area (Å²) in [6.07, 6.45) is 4.74. The lowest BCUT2D eigenvalue weighted by Gasteiger charge is -2.29. The number of nitrogens with one attached hydrogen (secondary N) is 1. The van der Waals surface area contributed by atoms with Crippen LogP contribution in [0.5, 0.6) is 0 Å². The van der Waals surface area contributed by atoms with Gasteiger partial charge < -0.3 is 9.88 Å². The van der Waals surface area contributed by atoms with Gasteiger partial charge in [0.25, 0.3) is 0 Å². The lowest BCUT2D eigenvalue weighted by atomic mass is 9.86. The highest BCUT2D eigenvalue weighted by atomic mass is 16.2. The molecular formula is C16H24N2O2. The second kappa shape index (κ2) is 6.25. The van der Waals surface area contributed by atoms with E-state index in [-0.39, 0.29) is 11.3 Å². The molecule has 0 bridgehead atoms.